The molecule has 0 bridgehead atoms. The molecule has 0 aliphatic rings. The fraction of sp³-hybridized carbons (Fsp3) is 0.500. The highest BCUT2D eigenvalue weighted by Crippen LogP contribution is 2.16. The van der Waals surface area contributed by atoms with Crippen molar-refractivity contribution in [1.82, 2.24) is 10.6 Å². The third-order valence-electron chi connectivity index (χ3n) is 2.56. The van der Waals surface area contributed by atoms with Crippen LogP contribution in [0.15, 0.2) is 27.7 Å². The van der Waals surface area contributed by atoms with E-state index in [1.165, 1.54) is 6.07 Å². The van der Waals surface area contributed by atoms with Crippen molar-refractivity contribution < 1.29 is 9.13 Å². The van der Waals surface area contributed by atoms with Gasteiger partial charge in [-0.1, -0.05) is 15.9 Å². The molecule has 0 saturated heterocycles. The van der Waals surface area contributed by atoms with Gasteiger partial charge in [-0.25, -0.2) is 9.38 Å². The number of methoxy groups -OCH3 is 1. The van der Waals surface area contributed by atoms with Crippen LogP contribution in [0.5, 0.6) is 0 Å². The van der Waals surface area contributed by atoms with Crippen molar-refractivity contribution in [1.29, 1.82) is 0 Å². The van der Waals surface area contributed by atoms with Gasteiger partial charge in [-0.05, 0) is 32.0 Å². The second kappa shape index (κ2) is 8.92. The quantitative estimate of drug-likeness (QED) is 0.615. The molecule has 1 rings (SSSR count). The molecular weight excluding hydrogens is 325 g/mol. The molecule has 0 saturated carbocycles. The highest BCUT2D eigenvalue weighted by atomic mass is 79.9. The van der Waals surface area contributed by atoms with Gasteiger partial charge in [0.25, 0.3) is 0 Å². The van der Waals surface area contributed by atoms with Crippen molar-refractivity contribution in [3.8, 4) is 0 Å². The molecule has 0 aliphatic heterocycles. The van der Waals surface area contributed by atoms with Crippen LogP contribution in [0, 0.1) is 5.82 Å². The van der Waals surface area contributed by atoms with E-state index in [-0.39, 0.29) is 18.4 Å². The first-order chi connectivity index (χ1) is 9.56. The fourth-order valence-corrected chi connectivity index (χ4v) is 2.08. The number of nitrogens with zero attached hydrogens (tertiary/aromatic N) is 1. The summed E-state index contributed by atoms with van der Waals surface area (Å²) >= 11 is 3.33. The molecule has 6 heteroatoms. The van der Waals surface area contributed by atoms with Crippen molar-refractivity contribution in [2.75, 3.05) is 20.3 Å². The summed E-state index contributed by atoms with van der Waals surface area (Å²) < 4.78 is 19.5. The Morgan fingerprint density at radius 2 is 2.25 bits per heavy atom. The van der Waals surface area contributed by atoms with E-state index in [4.69, 9.17) is 4.74 Å². The van der Waals surface area contributed by atoms with E-state index < -0.39 is 0 Å². The number of aliphatic imine (C=N–C) groups is 1. The molecule has 0 radical (unpaired) electrons. The van der Waals surface area contributed by atoms with Crippen molar-refractivity contribution in [3.63, 3.8) is 0 Å². The number of hydrogen-bond acceptors (Lipinski definition) is 2. The maximum atomic E-state index is 13.6. The summed E-state index contributed by atoms with van der Waals surface area (Å²) in [6.45, 7) is 5.58. The van der Waals surface area contributed by atoms with Gasteiger partial charge in [-0.3, -0.25) is 0 Å². The molecule has 1 atom stereocenters. The van der Waals surface area contributed by atoms with E-state index in [2.05, 4.69) is 31.6 Å². The van der Waals surface area contributed by atoms with E-state index in [0.29, 0.717) is 18.1 Å². The average Bonchev–Trinajstić information content (AvgIpc) is 2.40. The number of halogens is 2. The lowest BCUT2D eigenvalue weighted by Gasteiger charge is -2.17. The molecule has 1 aromatic rings. The molecule has 20 heavy (non-hydrogen) atoms. The minimum Gasteiger partial charge on any atom is -0.383 e. The monoisotopic (exact) mass is 345 g/mol. The molecule has 1 aromatic carbocycles. The zero-order valence-corrected chi connectivity index (χ0v) is 13.6. The van der Waals surface area contributed by atoms with E-state index >= 15 is 0 Å². The van der Waals surface area contributed by atoms with Crippen LogP contribution in [-0.2, 0) is 11.3 Å². The van der Waals surface area contributed by atoms with Gasteiger partial charge in [0.05, 0.1) is 13.2 Å². The SMILES string of the molecule is CCNC(=NCc1cc(Br)ccc1F)NC(C)COC. The molecule has 0 aliphatic carbocycles. The predicted molar refractivity (Wildman–Crippen MR) is 83.4 cm³/mol. The van der Waals surface area contributed by atoms with Crippen molar-refractivity contribution in [2.45, 2.75) is 26.4 Å². The van der Waals surface area contributed by atoms with E-state index in [0.717, 1.165) is 11.0 Å². The van der Waals surface area contributed by atoms with E-state index in [1.807, 2.05) is 13.8 Å². The van der Waals surface area contributed by atoms with Crippen LogP contribution in [0.2, 0.25) is 0 Å². The van der Waals surface area contributed by atoms with Gasteiger partial charge in [-0.15, -0.1) is 0 Å². The summed E-state index contributed by atoms with van der Waals surface area (Å²) in [6.07, 6.45) is 0. The Balaban J connectivity index is 2.73. The molecular formula is C14H21BrFN3O. The first-order valence-electron chi connectivity index (χ1n) is 6.54. The summed E-state index contributed by atoms with van der Waals surface area (Å²) in [5, 5.41) is 6.33. The van der Waals surface area contributed by atoms with Gasteiger partial charge in [0.2, 0.25) is 0 Å². The zero-order chi connectivity index (χ0) is 15.0. The van der Waals surface area contributed by atoms with E-state index in [1.54, 1.807) is 19.2 Å². The molecule has 112 valence electrons. The number of nitrogens with one attached hydrogen (secondary N) is 2. The van der Waals surface area contributed by atoms with Crippen LogP contribution in [0.25, 0.3) is 0 Å². The number of rotatable bonds is 6. The molecule has 0 spiro atoms. The lowest BCUT2D eigenvalue weighted by Crippen LogP contribution is -2.43. The summed E-state index contributed by atoms with van der Waals surface area (Å²) in [5.74, 6) is 0.397. The van der Waals surface area contributed by atoms with Crippen molar-refractivity contribution >= 4 is 21.9 Å². The predicted octanol–water partition coefficient (Wildman–Crippen LogP) is 2.68. The standard InChI is InChI=1S/C14H21BrFN3O/c1-4-17-14(19-10(2)9-20-3)18-8-11-7-12(15)5-6-13(11)16/h5-7,10H,4,8-9H2,1-3H3,(H2,17,18,19). The van der Waals surface area contributed by atoms with Crippen molar-refractivity contribution in [3.05, 3.63) is 34.1 Å². The van der Waals surface area contributed by atoms with Crippen LogP contribution >= 0.6 is 15.9 Å². The maximum Gasteiger partial charge on any atom is 0.191 e. The smallest absolute Gasteiger partial charge is 0.191 e. The van der Waals surface area contributed by atoms with Gasteiger partial charge in [0, 0.05) is 29.7 Å². The van der Waals surface area contributed by atoms with Crippen molar-refractivity contribution in [2.24, 2.45) is 4.99 Å². The van der Waals surface area contributed by atoms with Gasteiger partial charge in [0.15, 0.2) is 5.96 Å². The molecule has 0 heterocycles. The third-order valence-corrected chi connectivity index (χ3v) is 3.05. The number of guanidine groups is 1. The first-order valence-corrected chi connectivity index (χ1v) is 7.33. The summed E-state index contributed by atoms with van der Waals surface area (Å²) in [6, 6.07) is 4.97. The van der Waals surface area contributed by atoms with Gasteiger partial charge < -0.3 is 15.4 Å². The summed E-state index contributed by atoms with van der Waals surface area (Å²) in [4.78, 5) is 4.39. The molecule has 0 amide bonds. The topological polar surface area (TPSA) is 45.7 Å². The van der Waals surface area contributed by atoms with Crippen LogP contribution in [0.4, 0.5) is 4.39 Å². The number of hydrogen-bond donors (Lipinski definition) is 2. The zero-order valence-electron chi connectivity index (χ0n) is 12.0. The largest absolute Gasteiger partial charge is 0.383 e. The highest BCUT2D eigenvalue weighted by Gasteiger charge is 2.06. The average molecular weight is 346 g/mol. The number of ether oxygens (including phenoxy) is 1. The molecule has 2 N–H and O–H groups in total. The van der Waals surface area contributed by atoms with Crippen LogP contribution < -0.4 is 10.6 Å². The van der Waals surface area contributed by atoms with Gasteiger partial charge in [0.1, 0.15) is 5.82 Å². The third kappa shape index (κ3) is 5.88. The lowest BCUT2D eigenvalue weighted by atomic mass is 10.2. The molecule has 0 fully saturated rings. The fourth-order valence-electron chi connectivity index (χ4n) is 1.67. The molecule has 4 nitrogen and oxygen atoms in total. The second-order valence-corrected chi connectivity index (χ2v) is 5.35. The Kier molecular flexibility index (Phi) is 7.54. The minimum atomic E-state index is -0.252. The van der Waals surface area contributed by atoms with Gasteiger partial charge in [-0.2, -0.15) is 0 Å². The molecule has 0 aromatic heterocycles. The maximum absolute atomic E-state index is 13.6. The highest BCUT2D eigenvalue weighted by molar-refractivity contribution is 9.10. The normalized spacial score (nSPS) is 13.2. The Morgan fingerprint density at radius 3 is 2.90 bits per heavy atom. The Hall–Kier alpha value is -1.14. The van der Waals surface area contributed by atoms with Crippen LogP contribution in [-0.4, -0.2) is 32.3 Å². The minimum absolute atomic E-state index is 0.130. The van der Waals surface area contributed by atoms with Crippen LogP contribution in [0.3, 0.4) is 0 Å². The second-order valence-electron chi connectivity index (χ2n) is 4.43. The summed E-state index contributed by atoms with van der Waals surface area (Å²) in [7, 11) is 1.65. The first kappa shape index (κ1) is 16.9. The van der Waals surface area contributed by atoms with Gasteiger partial charge >= 0.3 is 0 Å². The summed E-state index contributed by atoms with van der Waals surface area (Å²) in [5.41, 5.74) is 0.552. The Bertz CT molecular complexity index is 454. The molecule has 1 unspecified atom stereocenters. The number of benzene rings is 1. The Labute approximate surface area is 127 Å². The van der Waals surface area contributed by atoms with E-state index in [9.17, 15) is 4.39 Å². The lowest BCUT2D eigenvalue weighted by molar-refractivity contribution is 0.179. The Morgan fingerprint density at radius 1 is 1.50 bits per heavy atom. The van der Waals surface area contributed by atoms with Crippen LogP contribution in [0.1, 0.15) is 19.4 Å².